The van der Waals surface area contributed by atoms with Crippen LogP contribution in [0.3, 0.4) is 0 Å². The summed E-state index contributed by atoms with van der Waals surface area (Å²) in [7, 11) is -3.80. The van der Waals surface area contributed by atoms with Crippen molar-refractivity contribution in [2.75, 3.05) is 11.3 Å². The first-order valence-corrected chi connectivity index (χ1v) is 11.0. The van der Waals surface area contributed by atoms with Crippen molar-refractivity contribution >= 4 is 43.7 Å². The molecule has 0 saturated heterocycles. The van der Waals surface area contributed by atoms with Gasteiger partial charge in [0.1, 0.15) is 10.6 Å². The van der Waals surface area contributed by atoms with Gasteiger partial charge in [-0.15, -0.1) is 22.7 Å². The molecule has 0 aliphatic carbocycles. The van der Waals surface area contributed by atoms with E-state index in [0.29, 0.717) is 5.56 Å². The summed E-state index contributed by atoms with van der Waals surface area (Å²) in [4.78, 5) is 14.5. The molecule has 0 amide bonds. The lowest BCUT2D eigenvalue weighted by atomic mass is 10.1. The first kappa shape index (κ1) is 18.6. The lowest BCUT2D eigenvalue weighted by Crippen LogP contribution is -2.15. The van der Waals surface area contributed by atoms with Crippen molar-refractivity contribution in [2.24, 2.45) is 0 Å². The molecular weight excluding hydrogens is 390 g/mol. The number of nitrogens with one attached hydrogen (secondary N) is 1. The average Bonchev–Trinajstić information content (AvgIpc) is 3.23. The van der Waals surface area contributed by atoms with Crippen LogP contribution in [0.4, 0.5) is 5.00 Å². The zero-order valence-electron chi connectivity index (χ0n) is 14.2. The molecule has 1 aromatic carbocycles. The topological polar surface area (TPSA) is 72.5 Å². The summed E-state index contributed by atoms with van der Waals surface area (Å²) in [5.74, 6) is -0.536. The number of carbonyl (C=O) groups is 1. The molecule has 0 aliphatic heterocycles. The van der Waals surface area contributed by atoms with Gasteiger partial charge in [0.25, 0.3) is 10.0 Å². The van der Waals surface area contributed by atoms with Crippen LogP contribution in [-0.4, -0.2) is 21.0 Å². The number of rotatable bonds is 6. The smallest absolute Gasteiger partial charge is 0.341 e. The molecule has 0 spiro atoms. The van der Waals surface area contributed by atoms with Crippen molar-refractivity contribution in [3.63, 3.8) is 0 Å². The van der Waals surface area contributed by atoms with E-state index in [9.17, 15) is 13.2 Å². The van der Waals surface area contributed by atoms with E-state index in [4.69, 9.17) is 4.74 Å². The quantitative estimate of drug-likeness (QED) is 0.598. The maximum absolute atomic E-state index is 12.7. The maximum Gasteiger partial charge on any atom is 0.341 e. The van der Waals surface area contributed by atoms with E-state index in [-0.39, 0.29) is 22.1 Å². The van der Waals surface area contributed by atoms with Crippen molar-refractivity contribution in [1.82, 2.24) is 0 Å². The van der Waals surface area contributed by atoms with Crippen LogP contribution in [0.2, 0.25) is 0 Å². The highest BCUT2D eigenvalue weighted by Crippen LogP contribution is 2.42. The fourth-order valence-electron chi connectivity index (χ4n) is 2.51. The van der Waals surface area contributed by atoms with Gasteiger partial charge >= 0.3 is 5.97 Å². The van der Waals surface area contributed by atoms with Crippen LogP contribution >= 0.6 is 22.7 Å². The molecule has 0 radical (unpaired) electrons. The molecule has 2 aromatic heterocycles. The minimum atomic E-state index is -3.80. The van der Waals surface area contributed by atoms with Gasteiger partial charge in [-0.1, -0.05) is 24.3 Å². The van der Waals surface area contributed by atoms with Crippen molar-refractivity contribution in [2.45, 2.75) is 18.7 Å². The van der Waals surface area contributed by atoms with Crippen LogP contribution in [-0.2, 0) is 14.8 Å². The van der Waals surface area contributed by atoms with Crippen molar-refractivity contribution in [1.29, 1.82) is 0 Å². The van der Waals surface area contributed by atoms with E-state index < -0.39 is 16.0 Å². The van der Waals surface area contributed by atoms with Crippen LogP contribution in [0.5, 0.6) is 0 Å². The second-order valence-corrected chi connectivity index (χ2v) is 9.21. The lowest BCUT2D eigenvalue weighted by molar-refractivity contribution is 0.0529. The van der Waals surface area contributed by atoms with E-state index >= 15 is 0 Å². The highest BCUT2D eigenvalue weighted by molar-refractivity contribution is 7.93. The van der Waals surface area contributed by atoms with Crippen LogP contribution < -0.4 is 4.72 Å². The summed E-state index contributed by atoms with van der Waals surface area (Å²) in [5.41, 5.74) is 0.977. The van der Waals surface area contributed by atoms with Crippen molar-refractivity contribution in [3.05, 3.63) is 58.3 Å². The minimum absolute atomic E-state index is 0.138. The normalized spacial score (nSPS) is 11.3. The average molecular weight is 408 g/mol. The molecule has 0 fully saturated rings. The van der Waals surface area contributed by atoms with Crippen LogP contribution in [0, 0.1) is 6.92 Å². The molecule has 26 heavy (non-hydrogen) atoms. The van der Waals surface area contributed by atoms with E-state index in [1.54, 1.807) is 25.1 Å². The molecular formula is C18H17NO4S3. The van der Waals surface area contributed by atoms with Gasteiger partial charge in [-0.2, -0.15) is 0 Å². The second-order valence-electron chi connectivity index (χ2n) is 5.35. The maximum atomic E-state index is 12.7. The van der Waals surface area contributed by atoms with Crippen LogP contribution in [0.15, 0.2) is 52.7 Å². The Hall–Kier alpha value is -2.16. The Morgan fingerprint density at radius 1 is 1.15 bits per heavy atom. The van der Waals surface area contributed by atoms with Gasteiger partial charge in [0.15, 0.2) is 0 Å². The number of sulfonamides is 1. The number of anilines is 1. The zero-order chi connectivity index (χ0) is 18.7. The third-order valence-corrected chi connectivity index (χ3v) is 7.01. The van der Waals surface area contributed by atoms with Gasteiger partial charge in [0, 0.05) is 15.3 Å². The zero-order valence-corrected chi connectivity index (χ0v) is 16.6. The summed E-state index contributed by atoms with van der Waals surface area (Å²) in [6.45, 7) is 3.79. The molecule has 0 saturated carbocycles. The molecule has 3 aromatic rings. The SMILES string of the molecule is CCOC(=O)c1c(NS(=O)(=O)c2ccccc2)sc(C)c1-c1cccs1. The van der Waals surface area contributed by atoms with Gasteiger partial charge in [-0.05, 0) is 37.4 Å². The lowest BCUT2D eigenvalue weighted by Gasteiger charge is -2.09. The Morgan fingerprint density at radius 2 is 1.88 bits per heavy atom. The number of ether oxygens (including phenoxy) is 1. The summed E-state index contributed by atoms with van der Waals surface area (Å²) in [5, 5.41) is 2.18. The largest absolute Gasteiger partial charge is 0.462 e. The first-order chi connectivity index (χ1) is 12.4. The molecule has 0 aliphatic rings. The Morgan fingerprint density at radius 3 is 2.50 bits per heavy atom. The third-order valence-electron chi connectivity index (χ3n) is 3.61. The number of esters is 1. The summed E-state index contributed by atoms with van der Waals surface area (Å²) < 4.78 is 33.1. The second kappa shape index (κ2) is 7.61. The number of hydrogen-bond acceptors (Lipinski definition) is 6. The first-order valence-electron chi connectivity index (χ1n) is 7.86. The Bertz CT molecular complexity index is 1010. The number of benzene rings is 1. The molecule has 136 valence electrons. The Kier molecular flexibility index (Phi) is 5.45. The summed E-state index contributed by atoms with van der Waals surface area (Å²) in [6.07, 6.45) is 0. The van der Waals surface area contributed by atoms with E-state index in [0.717, 1.165) is 9.75 Å². The molecule has 2 heterocycles. The van der Waals surface area contributed by atoms with E-state index in [1.165, 1.54) is 34.8 Å². The summed E-state index contributed by atoms with van der Waals surface area (Å²) >= 11 is 2.72. The van der Waals surface area contributed by atoms with Crippen LogP contribution in [0.1, 0.15) is 22.2 Å². The number of carbonyl (C=O) groups excluding carboxylic acids is 1. The van der Waals surface area contributed by atoms with E-state index in [2.05, 4.69) is 4.72 Å². The van der Waals surface area contributed by atoms with Crippen LogP contribution in [0.25, 0.3) is 10.4 Å². The van der Waals surface area contributed by atoms with E-state index in [1.807, 2.05) is 24.4 Å². The molecule has 0 bridgehead atoms. The van der Waals surface area contributed by atoms with Gasteiger partial charge in [-0.3, -0.25) is 4.72 Å². The van der Waals surface area contributed by atoms with Gasteiger partial charge < -0.3 is 4.74 Å². The molecule has 1 N–H and O–H groups in total. The predicted molar refractivity (Wildman–Crippen MR) is 106 cm³/mol. The number of aryl methyl sites for hydroxylation is 1. The van der Waals surface area contributed by atoms with Crippen molar-refractivity contribution in [3.8, 4) is 10.4 Å². The molecule has 5 nitrogen and oxygen atoms in total. The fraction of sp³-hybridized carbons (Fsp3) is 0.167. The fourth-order valence-corrected chi connectivity index (χ4v) is 5.79. The Labute approximate surface area is 160 Å². The van der Waals surface area contributed by atoms with Gasteiger partial charge in [0.05, 0.1) is 11.5 Å². The van der Waals surface area contributed by atoms with Gasteiger partial charge in [-0.25, -0.2) is 13.2 Å². The van der Waals surface area contributed by atoms with Crippen molar-refractivity contribution < 1.29 is 17.9 Å². The number of hydrogen-bond donors (Lipinski definition) is 1. The standard InChI is InChI=1S/C18H17NO4S3/c1-3-23-18(20)16-15(14-10-7-11-24-14)12(2)25-17(16)19-26(21,22)13-8-5-4-6-9-13/h4-11,19H,3H2,1-2H3. The molecule has 0 atom stereocenters. The predicted octanol–water partition coefficient (Wildman–Crippen LogP) is 4.76. The summed E-state index contributed by atoms with van der Waals surface area (Å²) in [6, 6.07) is 11.8. The third kappa shape index (κ3) is 3.67. The molecule has 3 rings (SSSR count). The number of thiophene rings is 2. The monoisotopic (exact) mass is 407 g/mol. The Balaban J connectivity index is 2.10. The molecule has 8 heteroatoms. The highest BCUT2D eigenvalue weighted by Gasteiger charge is 2.27. The van der Waals surface area contributed by atoms with Gasteiger partial charge in [0.2, 0.25) is 0 Å². The minimum Gasteiger partial charge on any atom is -0.462 e. The highest BCUT2D eigenvalue weighted by atomic mass is 32.2. The molecule has 0 unspecified atom stereocenters.